The van der Waals surface area contributed by atoms with E-state index in [0.29, 0.717) is 31.6 Å². The van der Waals surface area contributed by atoms with E-state index in [1.807, 2.05) is 0 Å². The average Bonchev–Trinajstić information content (AvgIpc) is 2.38. The molecule has 1 aliphatic heterocycles. The third kappa shape index (κ3) is 3.59. The molecule has 116 valence electrons. The molecule has 0 atom stereocenters. The number of hydrogen-bond acceptors (Lipinski definition) is 3. The third-order valence-corrected chi connectivity index (χ3v) is 3.81. The molecule has 0 bridgehead atoms. The standard InChI is InChI=1S/C14H17F3N2O2/c15-14(16,17)10-2-1-3-11(13(10)18)19-6-4-9(5-7-19)8-12(20)21/h1-3,9H,4-8,18H2,(H,20,21). The quantitative estimate of drug-likeness (QED) is 0.842. The van der Waals surface area contributed by atoms with Gasteiger partial charge in [-0.3, -0.25) is 4.79 Å². The van der Waals surface area contributed by atoms with Crippen molar-refractivity contribution in [3.63, 3.8) is 0 Å². The predicted molar refractivity (Wildman–Crippen MR) is 73.0 cm³/mol. The Labute approximate surface area is 120 Å². The highest BCUT2D eigenvalue weighted by atomic mass is 19.4. The van der Waals surface area contributed by atoms with Crippen molar-refractivity contribution in [2.75, 3.05) is 23.7 Å². The van der Waals surface area contributed by atoms with Crippen LogP contribution in [0.25, 0.3) is 0 Å². The number of alkyl halides is 3. The van der Waals surface area contributed by atoms with E-state index in [4.69, 9.17) is 10.8 Å². The Balaban J connectivity index is 2.12. The largest absolute Gasteiger partial charge is 0.481 e. The zero-order chi connectivity index (χ0) is 15.6. The lowest BCUT2D eigenvalue weighted by atomic mass is 9.93. The van der Waals surface area contributed by atoms with E-state index in [0.717, 1.165) is 6.07 Å². The molecule has 0 unspecified atom stereocenters. The topological polar surface area (TPSA) is 66.6 Å². The second-order valence-corrected chi connectivity index (χ2v) is 5.26. The van der Waals surface area contributed by atoms with Crippen LogP contribution in [0.5, 0.6) is 0 Å². The Kier molecular flexibility index (Phi) is 4.29. The first-order valence-corrected chi connectivity index (χ1v) is 6.71. The number of nitrogens with zero attached hydrogens (tertiary/aromatic N) is 1. The molecule has 0 amide bonds. The molecule has 1 fully saturated rings. The van der Waals surface area contributed by atoms with Gasteiger partial charge in [0.05, 0.1) is 16.9 Å². The molecule has 4 nitrogen and oxygen atoms in total. The summed E-state index contributed by atoms with van der Waals surface area (Å²) in [4.78, 5) is 12.5. The number of carboxylic acid groups (broad SMARTS) is 1. The molecular formula is C14H17F3N2O2. The number of aliphatic carboxylic acids is 1. The van der Waals surface area contributed by atoms with Crippen molar-refractivity contribution in [1.82, 2.24) is 0 Å². The normalized spacial score (nSPS) is 17.0. The molecule has 1 saturated heterocycles. The molecule has 0 aromatic heterocycles. The first-order valence-electron chi connectivity index (χ1n) is 6.71. The van der Waals surface area contributed by atoms with Gasteiger partial charge in [-0.05, 0) is 30.9 Å². The maximum Gasteiger partial charge on any atom is 0.418 e. The lowest BCUT2D eigenvalue weighted by Gasteiger charge is -2.34. The molecule has 0 spiro atoms. The summed E-state index contributed by atoms with van der Waals surface area (Å²) in [5, 5.41) is 8.76. The van der Waals surface area contributed by atoms with Gasteiger partial charge in [0.2, 0.25) is 0 Å². The van der Waals surface area contributed by atoms with Gasteiger partial charge in [-0.2, -0.15) is 13.2 Å². The molecule has 0 aliphatic carbocycles. The molecule has 3 N–H and O–H groups in total. The number of carboxylic acids is 1. The van der Waals surface area contributed by atoms with Gasteiger partial charge in [0, 0.05) is 19.5 Å². The van der Waals surface area contributed by atoms with Crippen LogP contribution in [0.15, 0.2) is 18.2 Å². The van der Waals surface area contributed by atoms with Crippen LogP contribution in [0, 0.1) is 5.92 Å². The van der Waals surface area contributed by atoms with E-state index in [1.165, 1.54) is 6.07 Å². The van der Waals surface area contributed by atoms with Gasteiger partial charge >= 0.3 is 12.1 Å². The van der Waals surface area contributed by atoms with E-state index < -0.39 is 17.7 Å². The highest BCUT2D eigenvalue weighted by molar-refractivity contribution is 5.72. The first kappa shape index (κ1) is 15.5. The average molecular weight is 302 g/mol. The van der Waals surface area contributed by atoms with E-state index in [1.54, 1.807) is 11.0 Å². The Morgan fingerprint density at radius 2 is 1.95 bits per heavy atom. The van der Waals surface area contributed by atoms with Crippen molar-refractivity contribution in [2.24, 2.45) is 5.92 Å². The summed E-state index contributed by atoms with van der Waals surface area (Å²) in [5.41, 5.74) is 4.95. The summed E-state index contributed by atoms with van der Waals surface area (Å²) in [6, 6.07) is 3.88. The number of anilines is 2. The number of hydrogen-bond donors (Lipinski definition) is 2. The van der Waals surface area contributed by atoms with Crippen molar-refractivity contribution in [3.8, 4) is 0 Å². The molecule has 1 aliphatic rings. The number of nitrogens with two attached hydrogens (primary N) is 1. The molecular weight excluding hydrogens is 285 g/mol. The van der Waals surface area contributed by atoms with Crippen LogP contribution in [-0.4, -0.2) is 24.2 Å². The minimum Gasteiger partial charge on any atom is -0.481 e. The minimum atomic E-state index is -4.47. The van der Waals surface area contributed by atoms with Crippen LogP contribution in [-0.2, 0) is 11.0 Å². The lowest BCUT2D eigenvalue weighted by molar-refractivity contribution is -0.138. The molecule has 1 aromatic carbocycles. The van der Waals surface area contributed by atoms with E-state index in [2.05, 4.69) is 0 Å². The number of rotatable bonds is 3. The molecule has 21 heavy (non-hydrogen) atoms. The zero-order valence-corrected chi connectivity index (χ0v) is 11.4. The van der Waals surface area contributed by atoms with Crippen molar-refractivity contribution >= 4 is 17.3 Å². The molecule has 0 saturated carbocycles. The van der Waals surface area contributed by atoms with Crippen molar-refractivity contribution in [2.45, 2.75) is 25.4 Å². The second kappa shape index (κ2) is 5.83. The molecule has 0 radical (unpaired) electrons. The number of carbonyl (C=O) groups is 1. The fourth-order valence-corrected chi connectivity index (χ4v) is 2.70. The Hall–Kier alpha value is -1.92. The second-order valence-electron chi connectivity index (χ2n) is 5.26. The monoisotopic (exact) mass is 302 g/mol. The van der Waals surface area contributed by atoms with Gasteiger partial charge < -0.3 is 15.7 Å². The highest BCUT2D eigenvalue weighted by Crippen LogP contribution is 2.39. The molecule has 2 rings (SSSR count). The van der Waals surface area contributed by atoms with Gasteiger partial charge in [-0.15, -0.1) is 0 Å². The number of halogens is 3. The van der Waals surface area contributed by atoms with Crippen LogP contribution >= 0.6 is 0 Å². The van der Waals surface area contributed by atoms with Gasteiger partial charge in [0.1, 0.15) is 0 Å². The van der Waals surface area contributed by atoms with E-state index >= 15 is 0 Å². The van der Waals surface area contributed by atoms with Gasteiger partial charge in [0.25, 0.3) is 0 Å². The smallest absolute Gasteiger partial charge is 0.418 e. The molecule has 1 heterocycles. The molecule has 7 heteroatoms. The van der Waals surface area contributed by atoms with Crippen LogP contribution in [0.2, 0.25) is 0 Å². The summed E-state index contributed by atoms with van der Waals surface area (Å²) < 4.78 is 38.5. The van der Waals surface area contributed by atoms with Crippen LogP contribution < -0.4 is 10.6 Å². The van der Waals surface area contributed by atoms with Crippen molar-refractivity contribution < 1.29 is 23.1 Å². The first-order chi connectivity index (χ1) is 9.79. The molecule has 1 aromatic rings. The zero-order valence-electron chi connectivity index (χ0n) is 11.4. The minimum absolute atomic E-state index is 0.0748. The van der Waals surface area contributed by atoms with Crippen molar-refractivity contribution in [1.29, 1.82) is 0 Å². The Bertz CT molecular complexity index is 523. The number of para-hydroxylation sites is 1. The SMILES string of the molecule is Nc1c(N2CCC(CC(=O)O)CC2)cccc1C(F)(F)F. The summed E-state index contributed by atoms with van der Waals surface area (Å²) in [6.45, 7) is 1.03. The van der Waals surface area contributed by atoms with Gasteiger partial charge in [-0.25, -0.2) is 0 Å². The third-order valence-electron chi connectivity index (χ3n) is 3.81. The Morgan fingerprint density at radius 1 is 1.33 bits per heavy atom. The summed E-state index contributed by atoms with van der Waals surface area (Å²) in [6.07, 6.45) is -3.09. The Morgan fingerprint density at radius 3 is 2.48 bits per heavy atom. The summed E-state index contributed by atoms with van der Waals surface area (Å²) in [7, 11) is 0. The van der Waals surface area contributed by atoms with Crippen molar-refractivity contribution in [3.05, 3.63) is 23.8 Å². The number of piperidine rings is 1. The fraction of sp³-hybridized carbons (Fsp3) is 0.500. The van der Waals surface area contributed by atoms with E-state index in [9.17, 15) is 18.0 Å². The maximum atomic E-state index is 12.8. The van der Waals surface area contributed by atoms with Gasteiger partial charge in [0.15, 0.2) is 0 Å². The van der Waals surface area contributed by atoms with Crippen LogP contribution in [0.3, 0.4) is 0 Å². The number of nitrogen functional groups attached to an aromatic ring is 1. The fourth-order valence-electron chi connectivity index (χ4n) is 2.70. The van der Waals surface area contributed by atoms with Gasteiger partial charge in [-0.1, -0.05) is 6.07 Å². The summed E-state index contributed by atoms with van der Waals surface area (Å²) in [5.74, 6) is -0.766. The maximum absolute atomic E-state index is 12.8. The van der Waals surface area contributed by atoms with E-state index in [-0.39, 0.29) is 18.0 Å². The number of benzene rings is 1. The highest BCUT2D eigenvalue weighted by Gasteiger charge is 2.34. The van der Waals surface area contributed by atoms with Crippen LogP contribution in [0.4, 0.5) is 24.5 Å². The predicted octanol–water partition coefficient (Wildman–Crippen LogP) is 2.98. The lowest BCUT2D eigenvalue weighted by Crippen LogP contribution is -2.35. The van der Waals surface area contributed by atoms with Crippen LogP contribution in [0.1, 0.15) is 24.8 Å². The summed E-state index contributed by atoms with van der Waals surface area (Å²) >= 11 is 0.